The molecule has 1 aromatic carbocycles. The predicted molar refractivity (Wildman–Crippen MR) is 112 cm³/mol. The number of pyridine rings is 1. The standard InChI is InChI=1S/C23H22N4O3/c1-29-20-8-2-5-15-11-17(14-30-21(15)20)23(28)27-10-4-7-19(27)22-25-13-18(26-22)16-6-3-9-24-12-16/h2-3,5-6,8-9,11-13,19H,4,7,10,14H2,1H3,(H,25,26)/t19-/m0/s1. The van der Waals surface area contributed by atoms with Crippen LogP contribution in [-0.2, 0) is 4.79 Å². The number of amides is 1. The van der Waals surface area contributed by atoms with Crippen LogP contribution in [0.3, 0.4) is 0 Å². The Hall–Kier alpha value is -3.61. The summed E-state index contributed by atoms with van der Waals surface area (Å²) in [6.07, 6.45) is 9.07. The second kappa shape index (κ2) is 7.67. The fourth-order valence-corrected chi connectivity index (χ4v) is 4.12. The Balaban J connectivity index is 1.40. The smallest absolute Gasteiger partial charge is 0.253 e. The summed E-state index contributed by atoms with van der Waals surface area (Å²) in [6, 6.07) is 9.48. The van der Waals surface area contributed by atoms with Crippen LogP contribution >= 0.6 is 0 Å². The fourth-order valence-electron chi connectivity index (χ4n) is 4.12. The molecule has 1 amide bonds. The molecule has 0 aliphatic carbocycles. The Morgan fingerprint density at radius 3 is 3.03 bits per heavy atom. The van der Waals surface area contributed by atoms with Gasteiger partial charge in [0.15, 0.2) is 11.5 Å². The van der Waals surface area contributed by atoms with E-state index in [2.05, 4.69) is 15.0 Å². The Morgan fingerprint density at radius 1 is 1.27 bits per heavy atom. The number of aromatic amines is 1. The molecule has 7 heteroatoms. The van der Waals surface area contributed by atoms with Crippen molar-refractivity contribution in [3.8, 4) is 22.8 Å². The Morgan fingerprint density at radius 2 is 2.20 bits per heavy atom. The van der Waals surface area contributed by atoms with E-state index in [1.54, 1.807) is 25.7 Å². The molecule has 2 aromatic heterocycles. The number of aromatic nitrogens is 3. The first-order valence-electron chi connectivity index (χ1n) is 10.0. The lowest BCUT2D eigenvalue weighted by molar-refractivity contribution is -0.128. The summed E-state index contributed by atoms with van der Waals surface area (Å²) < 4.78 is 11.2. The van der Waals surface area contributed by atoms with E-state index in [0.717, 1.165) is 35.5 Å². The number of nitrogens with zero attached hydrogens (tertiary/aromatic N) is 3. The van der Waals surface area contributed by atoms with Crippen LogP contribution < -0.4 is 9.47 Å². The average molecular weight is 402 g/mol. The van der Waals surface area contributed by atoms with E-state index in [-0.39, 0.29) is 18.6 Å². The lowest BCUT2D eigenvalue weighted by Crippen LogP contribution is -2.34. The topological polar surface area (TPSA) is 80.3 Å². The first kappa shape index (κ1) is 18.4. The van der Waals surface area contributed by atoms with Crippen molar-refractivity contribution in [2.24, 2.45) is 0 Å². The highest BCUT2D eigenvalue weighted by Crippen LogP contribution is 2.37. The molecule has 1 atom stereocenters. The van der Waals surface area contributed by atoms with Gasteiger partial charge >= 0.3 is 0 Å². The van der Waals surface area contributed by atoms with Gasteiger partial charge in [-0.3, -0.25) is 9.78 Å². The normalized spacial score (nSPS) is 17.8. The predicted octanol–water partition coefficient (Wildman–Crippen LogP) is 3.62. The van der Waals surface area contributed by atoms with Crippen molar-refractivity contribution in [2.45, 2.75) is 18.9 Å². The molecule has 7 nitrogen and oxygen atoms in total. The molecule has 152 valence electrons. The number of imidazole rings is 1. The van der Waals surface area contributed by atoms with Crippen molar-refractivity contribution in [3.05, 3.63) is 65.9 Å². The monoisotopic (exact) mass is 402 g/mol. The number of likely N-dealkylation sites (tertiary alicyclic amines) is 1. The molecular formula is C23H22N4O3. The molecule has 2 aliphatic heterocycles. The maximum absolute atomic E-state index is 13.3. The zero-order valence-corrected chi connectivity index (χ0v) is 16.7. The van der Waals surface area contributed by atoms with Crippen LogP contribution in [0.2, 0.25) is 0 Å². The van der Waals surface area contributed by atoms with Gasteiger partial charge in [-0.25, -0.2) is 4.98 Å². The SMILES string of the molecule is COc1cccc2c1OCC(C(=O)N1CCC[C@H]1c1ncc(-c3cccnc3)[nH]1)=C2. The van der Waals surface area contributed by atoms with Gasteiger partial charge in [0.05, 0.1) is 30.6 Å². The van der Waals surface area contributed by atoms with Gasteiger partial charge in [-0.2, -0.15) is 0 Å². The number of benzene rings is 1. The number of hydrogen-bond donors (Lipinski definition) is 1. The molecule has 0 unspecified atom stereocenters. The third-order valence-electron chi connectivity index (χ3n) is 5.60. The van der Waals surface area contributed by atoms with Crippen molar-refractivity contribution in [1.82, 2.24) is 19.9 Å². The number of carbonyl (C=O) groups is 1. The largest absolute Gasteiger partial charge is 0.493 e. The van der Waals surface area contributed by atoms with E-state index < -0.39 is 0 Å². The Labute approximate surface area is 174 Å². The van der Waals surface area contributed by atoms with E-state index >= 15 is 0 Å². The van der Waals surface area contributed by atoms with Crippen LogP contribution in [0.1, 0.15) is 30.3 Å². The van der Waals surface area contributed by atoms with E-state index in [1.807, 2.05) is 41.3 Å². The number of rotatable bonds is 4. The number of H-pyrrole nitrogens is 1. The zero-order valence-electron chi connectivity index (χ0n) is 16.7. The molecule has 0 saturated carbocycles. The number of para-hydroxylation sites is 1. The fraction of sp³-hybridized carbons (Fsp3) is 0.261. The summed E-state index contributed by atoms with van der Waals surface area (Å²) in [4.78, 5) is 27.3. The second-order valence-electron chi connectivity index (χ2n) is 7.42. The molecule has 4 heterocycles. The number of fused-ring (bicyclic) bond motifs is 1. The first-order chi connectivity index (χ1) is 14.7. The highest BCUT2D eigenvalue weighted by molar-refractivity contribution is 5.99. The molecule has 1 fully saturated rings. The lowest BCUT2D eigenvalue weighted by atomic mass is 10.1. The van der Waals surface area contributed by atoms with Gasteiger partial charge in [0.1, 0.15) is 12.4 Å². The molecule has 5 rings (SSSR count). The van der Waals surface area contributed by atoms with Gasteiger partial charge in [-0.05, 0) is 37.1 Å². The number of methoxy groups -OCH3 is 1. The molecule has 30 heavy (non-hydrogen) atoms. The third-order valence-corrected chi connectivity index (χ3v) is 5.60. The zero-order chi connectivity index (χ0) is 20.5. The highest BCUT2D eigenvalue weighted by Gasteiger charge is 2.34. The number of carbonyl (C=O) groups excluding carboxylic acids is 1. The van der Waals surface area contributed by atoms with Gasteiger partial charge in [0.25, 0.3) is 5.91 Å². The number of ether oxygens (including phenoxy) is 2. The summed E-state index contributed by atoms with van der Waals surface area (Å²) in [5, 5.41) is 0. The van der Waals surface area contributed by atoms with Gasteiger partial charge in [-0.15, -0.1) is 0 Å². The van der Waals surface area contributed by atoms with Gasteiger partial charge in [0, 0.05) is 30.1 Å². The number of nitrogens with one attached hydrogen (secondary N) is 1. The molecule has 2 aliphatic rings. The molecule has 1 N–H and O–H groups in total. The highest BCUT2D eigenvalue weighted by atomic mass is 16.5. The average Bonchev–Trinajstić information content (AvgIpc) is 3.48. The second-order valence-corrected chi connectivity index (χ2v) is 7.42. The summed E-state index contributed by atoms with van der Waals surface area (Å²) >= 11 is 0. The summed E-state index contributed by atoms with van der Waals surface area (Å²) in [6.45, 7) is 0.934. The van der Waals surface area contributed by atoms with Crippen LogP contribution in [0.4, 0.5) is 0 Å². The molecule has 0 spiro atoms. The van der Waals surface area contributed by atoms with Gasteiger partial charge < -0.3 is 19.4 Å². The van der Waals surface area contributed by atoms with Crippen LogP contribution in [0.15, 0.2) is 54.5 Å². The summed E-state index contributed by atoms with van der Waals surface area (Å²) in [5.74, 6) is 2.15. The maximum atomic E-state index is 13.3. The quantitative estimate of drug-likeness (QED) is 0.721. The summed E-state index contributed by atoms with van der Waals surface area (Å²) in [5.41, 5.74) is 3.37. The molecule has 3 aromatic rings. The minimum Gasteiger partial charge on any atom is -0.493 e. The van der Waals surface area contributed by atoms with Crippen LogP contribution in [0.25, 0.3) is 17.3 Å². The molecule has 1 saturated heterocycles. The van der Waals surface area contributed by atoms with E-state index in [9.17, 15) is 4.79 Å². The van der Waals surface area contributed by atoms with E-state index in [4.69, 9.17) is 9.47 Å². The van der Waals surface area contributed by atoms with Crippen molar-refractivity contribution >= 4 is 12.0 Å². The van der Waals surface area contributed by atoms with Crippen molar-refractivity contribution in [1.29, 1.82) is 0 Å². The molecule has 0 radical (unpaired) electrons. The number of hydrogen-bond acceptors (Lipinski definition) is 5. The first-order valence-corrected chi connectivity index (χ1v) is 10.0. The minimum absolute atomic E-state index is 0.00898. The Bertz CT molecular complexity index is 1110. The van der Waals surface area contributed by atoms with Crippen LogP contribution in [-0.4, -0.2) is 46.0 Å². The summed E-state index contributed by atoms with van der Waals surface area (Å²) in [7, 11) is 1.61. The van der Waals surface area contributed by atoms with Crippen molar-refractivity contribution in [2.75, 3.05) is 20.3 Å². The molecule has 0 bridgehead atoms. The minimum atomic E-state index is -0.0736. The maximum Gasteiger partial charge on any atom is 0.253 e. The van der Waals surface area contributed by atoms with E-state index in [0.29, 0.717) is 23.6 Å². The van der Waals surface area contributed by atoms with Crippen LogP contribution in [0, 0.1) is 0 Å². The molecular weight excluding hydrogens is 380 g/mol. The van der Waals surface area contributed by atoms with Crippen molar-refractivity contribution < 1.29 is 14.3 Å². The van der Waals surface area contributed by atoms with Gasteiger partial charge in [-0.1, -0.05) is 12.1 Å². The van der Waals surface area contributed by atoms with Crippen molar-refractivity contribution in [3.63, 3.8) is 0 Å². The lowest BCUT2D eigenvalue weighted by Gasteiger charge is -2.26. The van der Waals surface area contributed by atoms with E-state index in [1.165, 1.54) is 0 Å². The third kappa shape index (κ3) is 3.22. The van der Waals surface area contributed by atoms with Crippen LogP contribution in [0.5, 0.6) is 11.5 Å². The Kier molecular flexibility index (Phi) is 4.71. The van der Waals surface area contributed by atoms with Gasteiger partial charge in [0.2, 0.25) is 0 Å².